The molecule has 4 aromatic carbocycles. The monoisotopic (exact) mass is 513 g/mol. The normalized spacial score (nSPS) is 16.2. The highest BCUT2D eigenvalue weighted by Gasteiger charge is 2.42. The maximum absolute atomic E-state index is 8.44. The van der Waals surface area contributed by atoms with Gasteiger partial charge in [-0.25, -0.2) is 4.58 Å². The molecule has 0 N–H and O–H groups in total. The van der Waals surface area contributed by atoms with Gasteiger partial charge in [0.05, 0.1) is 11.1 Å². The summed E-state index contributed by atoms with van der Waals surface area (Å²) in [7, 11) is -0.947. The van der Waals surface area contributed by atoms with Crippen molar-refractivity contribution in [3.63, 3.8) is 0 Å². The summed E-state index contributed by atoms with van der Waals surface area (Å²) in [6.07, 6.45) is 0. The zero-order chi connectivity index (χ0) is 27.1. The Hall–Kier alpha value is -3.64. The second-order valence-corrected chi connectivity index (χ2v) is 11.1. The Morgan fingerprint density at radius 3 is 1.73 bits per heavy atom. The highest BCUT2D eigenvalue weighted by Crippen LogP contribution is 2.44. The van der Waals surface area contributed by atoms with Crippen molar-refractivity contribution in [1.29, 1.82) is 0 Å². The van der Waals surface area contributed by atoms with Crippen LogP contribution < -0.4 is 0 Å². The molecular weight excluding hydrogens is 480 g/mol. The molecule has 6 rings (SSSR count). The molecular formula is C31H33N2O3S+. The fourth-order valence-corrected chi connectivity index (χ4v) is 5.49. The molecule has 37 heavy (non-hydrogen) atoms. The lowest BCUT2D eigenvalue weighted by molar-refractivity contribution is -0.402. The van der Waals surface area contributed by atoms with Crippen LogP contribution in [0.5, 0.6) is 0 Å². The summed E-state index contributed by atoms with van der Waals surface area (Å²) in [4.78, 5) is 4.67. The fourth-order valence-electron chi connectivity index (χ4n) is 5.49. The van der Waals surface area contributed by atoms with Crippen molar-refractivity contribution in [3.05, 3.63) is 83.9 Å². The van der Waals surface area contributed by atoms with Crippen molar-refractivity contribution in [2.24, 2.45) is 4.99 Å². The number of aliphatic imine (C=N–C) groups is 1. The summed E-state index contributed by atoms with van der Waals surface area (Å²) in [5.41, 5.74) is 8.16. The van der Waals surface area contributed by atoms with Crippen LogP contribution in [0.4, 0.5) is 11.4 Å². The van der Waals surface area contributed by atoms with Crippen LogP contribution in [0.2, 0.25) is 0 Å². The first-order valence-electron chi connectivity index (χ1n) is 12.3. The van der Waals surface area contributed by atoms with Crippen molar-refractivity contribution in [2.75, 3.05) is 7.05 Å². The highest BCUT2D eigenvalue weighted by molar-refractivity contribution is 7.59. The van der Waals surface area contributed by atoms with Crippen LogP contribution in [0.25, 0.3) is 21.5 Å². The predicted octanol–water partition coefficient (Wildman–Crippen LogP) is 7.09. The molecule has 0 spiro atoms. The average Bonchev–Trinajstić information content (AvgIpc) is 3.20. The minimum atomic E-state index is -3.11. The van der Waals surface area contributed by atoms with Gasteiger partial charge in [0.1, 0.15) is 7.05 Å². The lowest BCUT2D eigenvalue weighted by Crippen LogP contribution is -2.25. The quantitative estimate of drug-likeness (QED) is 0.236. The molecule has 0 radical (unpaired) electrons. The van der Waals surface area contributed by atoms with E-state index in [2.05, 4.69) is 131 Å². The van der Waals surface area contributed by atoms with Crippen LogP contribution in [0, 0.1) is 0 Å². The molecule has 5 nitrogen and oxygen atoms in total. The summed E-state index contributed by atoms with van der Waals surface area (Å²) in [6, 6.07) is 26.0. The molecule has 0 atom stereocenters. The number of hydrogen-bond donors (Lipinski definition) is 0. The molecule has 190 valence electrons. The van der Waals surface area contributed by atoms with Crippen molar-refractivity contribution in [2.45, 2.75) is 52.4 Å². The zero-order valence-electron chi connectivity index (χ0n) is 22.5. The summed E-state index contributed by atoms with van der Waals surface area (Å²) in [5, 5.41) is 5.37. The predicted molar refractivity (Wildman–Crippen MR) is 153 cm³/mol. The van der Waals surface area contributed by atoms with E-state index in [0.717, 1.165) is 5.69 Å². The van der Waals surface area contributed by atoms with Crippen LogP contribution in [0.1, 0.15) is 52.7 Å². The fraction of sp³-hybridized carbons (Fsp3) is 0.290. The highest BCUT2D eigenvalue weighted by atomic mass is 32.2. The van der Waals surface area contributed by atoms with E-state index in [1.807, 2.05) is 0 Å². The van der Waals surface area contributed by atoms with Crippen molar-refractivity contribution in [1.82, 2.24) is 0 Å². The Morgan fingerprint density at radius 2 is 1.16 bits per heavy atom. The Labute approximate surface area is 220 Å². The van der Waals surface area contributed by atoms with Gasteiger partial charge in [-0.1, -0.05) is 68.4 Å². The Kier molecular flexibility index (Phi) is 6.91. The van der Waals surface area contributed by atoms with E-state index in [9.17, 15) is 0 Å². The summed E-state index contributed by atoms with van der Waals surface area (Å²) < 4.78 is 27.7. The first kappa shape index (κ1) is 26.4. The van der Waals surface area contributed by atoms with E-state index in [1.165, 1.54) is 49.8 Å². The molecule has 0 bridgehead atoms. The van der Waals surface area contributed by atoms with Crippen molar-refractivity contribution in [3.8, 4) is 0 Å². The topological polar surface area (TPSA) is 66.6 Å². The first-order chi connectivity index (χ1) is 17.4. The smallest absolute Gasteiger partial charge is 0.257 e. The lowest BCUT2D eigenvalue weighted by atomic mass is 9.80. The third-order valence-corrected chi connectivity index (χ3v) is 8.03. The number of fused-ring (bicyclic) bond motifs is 6. The molecule has 0 unspecified atom stereocenters. The third-order valence-electron chi connectivity index (χ3n) is 8.03. The molecule has 0 saturated heterocycles. The summed E-state index contributed by atoms with van der Waals surface area (Å²) >= 11 is 0. The molecule has 0 fully saturated rings. The van der Waals surface area contributed by atoms with Crippen LogP contribution in [-0.4, -0.2) is 35.7 Å². The number of benzene rings is 4. The van der Waals surface area contributed by atoms with Gasteiger partial charge in [0.15, 0.2) is 5.71 Å². The minimum Gasteiger partial charge on any atom is -0.257 e. The SMILES string of the molecule is CC1=Nc2ccc3ccccc3c2C1(C)C.CC1=[N+](C)c2ccc3ccccc3c2C1(C)C.O=S(=O)=O. The molecule has 2 heterocycles. The second-order valence-electron chi connectivity index (χ2n) is 10.7. The number of rotatable bonds is 0. The zero-order valence-corrected chi connectivity index (χ0v) is 23.3. The minimum absolute atomic E-state index is 0.0657. The van der Waals surface area contributed by atoms with Crippen LogP contribution in [0.3, 0.4) is 0 Å². The second kappa shape index (κ2) is 9.67. The molecule has 0 aliphatic carbocycles. The third kappa shape index (κ3) is 4.62. The van der Waals surface area contributed by atoms with E-state index in [1.54, 1.807) is 0 Å². The molecule has 0 amide bonds. The molecule has 2 aliphatic rings. The number of nitrogens with zero attached hydrogens (tertiary/aromatic N) is 2. The summed E-state index contributed by atoms with van der Waals surface area (Å²) in [5.74, 6) is 0. The van der Waals surface area contributed by atoms with Crippen molar-refractivity contribution >= 4 is 55.0 Å². The van der Waals surface area contributed by atoms with Gasteiger partial charge in [-0.05, 0) is 60.0 Å². The molecule has 2 aliphatic heterocycles. The van der Waals surface area contributed by atoms with Gasteiger partial charge in [-0.15, -0.1) is 12.6 Å². The summed E-state index contributed by atoms with van der Waals surface area (Å²) in [6.45, 7) is 13.5. The standard InChI is InChI=1S/C16H18N.C15H15N.O3S/c1-11-16(2,3)15-13-8-6-5-7-12(13)9-10-14(15)17(11)4;1-10-15(2,3)14-12-7-5-4-6-11(12)8-9-13(14)16-10;1-4(2)3/h5-10H,1-4H3;4-9H,1-3H3;/q+1;;. The largest absolute Gasteiger partial charge is 0.425 e. The maximum Gasteiger partial charge on any atom is 0.425 e. The van der Waals surface area contributed by atoms with Gasteiger partial charge in [0.2, 0.25) is 5.69 Å². The van der Waals surface area contributed by atoms with Crippen LogP contribution >= 0.6 is 0 Å². The van der Waals surface area contributed by atoms with E-state index in [4.69, 9.17) is 12.6 Å². The Bertz CT molecular complexity index is 1710. The van der Waals surface area contributed by atoms with Crippen molar-refractivity contribution < 1.29 is 17.2 Å². The van der Waals surface area contributed by atoms with Gasteiger partial charge in [0.25, 0.3) is 0 Å². The van der Waals surface area contributed by atoms with Crippen LogP contribution in [0.15, 0.2) is 77.8 Å². The van der Waals surface area contributed by atoms with Gasteiger partial charge >= 0.3 is 10.6 Å². The number of hydrogen-bond acceptors (Lipinski definition) is 4. The van der Waals surface area contributed by atoms with Crippen LogP contribution in [-0.2, 0) is 21.4 Å². The maximum atomic E-state index is 8.44. The van der Waals surface area contributed by atoms with E-state index >= 15 is 0 Å². The lowest BCUT2D eigenvalue weighted by Gasteiger charge is -2.21. The molecule has 4 aromatic rings. The first-order valence-corrected chi connectivity index (χ1v) is 13.3. The molecule has 0 aromatic heterocycles. The van der Waals surface area contributed by atoms with Gasteiger partial charge in [-0.3, -0.25) is 4.99 Å². The van der Waals surface area contributed by atoms with E-state index in [-0.39, 0.29) is 10.8 Å². The van der Waals surface area contributed by atoms with Gasteiger partial charge < -0.3 is 0 Å². The van der Waals surface area contributed by atoms with E-state index in [0.29, 0.717) is 0 Å². The van der Waals surface area contributed by atoms with E-state index < -0.39 is 10.6 Å². The Morgan fingerprint density at radius 1 is 0.676 bits per heavy atom. The average molecular weight is 514 g/mol. The van der Waals surface area contributed by atoms with Gasteiger partial charge in [-0.2, -0.15) is 0 Å². The van der Waals surface area contributed by atoms with Gasteiger partial charge in [0, 0.05) is 29.7 Å². The molecule has 6 heteroatoms. The Balaban J connectivity index is 0.000000152. The molecule has 0 saturated carbocycles.